The minimum atomic E-state index is -0.910. The Labute approximate surface area is 169 Å². The number of anilines is 1. The predicted octanol–water partition coefficient (Wildman–Crippen LogP) is 2.14. The van der Waals surface area contributed by atoms with Crippen molar-refractivity contribution in [1.82, 2.24) is 5.32 Å². The second-order valence-corrected chi connectivity index (χ2v) is 7.80. The summed E-state index contributed by atoms with van der Waals surface area (Å²) in [6.45, 7) is 1.92. The van der Waals surface area contributed by atoms with E-state index in [1.807, 2.05) is 6.92 Å². The van der Waals surface area contributed by atoms with Crippen molar-refractivity contribution in [2.75, 3.05) is 19.5 Å². The number of hydrogen-bond acceptors (Lipinski definition) is 6. The van der Waals surface area contributed by atoms with E-state index in [1.54, 1.807) is 0 Å². The Bertz CT molecular complexity index is 836. The zero-order valence-corrected chi connectivity index (χ0v) is 16.8. The number of fused-ring (bicyclic) bond motifs is 2. The molecule has 2 aliphatic carbocycles. The summed E-state index contributed by atoms with van der Waals surface area (Å²) in [6.07, 6.45) is 4.74. The van der Waals surface area contributed by atoms with Crippen LogP contribution in [0.3, 0.4) is 0 Å². The van der Waals surface area contributed by atoms with Gasteiger partial charge in [-0.3, -0.25) is 9.59 Å². The Hall–Kier alpha value is -2.90. The Morgan fingerprint density at radius 2 is 1.72 bits per heavy atom. The van der Waals surface area contributed by atoms with Crippen LogP contribution in [-0.4, -0.2) is 44.0 Å². The molecule has 2 N–H and O–H groups in total. The van der Waals surface area contributed by atoms with Crippen LogP contribution in [0, 0.1) is 17.8 Å². The van der Waals surface area contributed by atoms with Gasteiger partial charge in [0.25, 0.3) is 0 Å². The largest absolute Gasteiger partial charge is 0.465 e. The fraction of sp³-hybridized carbons (Fsp3) is 0.524. The van der Waals surface area contributed by atoms with Crippen LogP contribution in [-0.2, 0) is 19.1 Å². The van der Waals surface area contributed by atoms with Crippen molar-refractivity contribution in [2.24, 2.45) is 17.8 Å². The first kappa shape index (κ1) is 20.8. The van der Waals surface area contributed by atoms with E-state index in [1.165, 1.54) is 51.7 Å². The van der Waals surface area contributed by atoms with Gasteiger partial charge in [0, 0.05) is 6.04 Å². The molecule has 4 unspecified atom stereocenters. The molecule has 29 heavy (non-hydrogen) atoms. The van der Waals surface area contributed by atoms with Gasteiger partial charge >= 0.3 is 23.8 Å². The summed E-state index contributed by atoms with van der Waals surface area (Å²) < 4.78 is 9.36. The number of benzene rings is 1. The van der Waals surface area contributed by atoms with Crippen molar-refractivity contribution in [2.45, 2.75) is 38.6 Å². The lowest BCUT2D eigenvalue weighted by Crippen LogP contribution is -2.45. The molecular formula is C21H26N2O6. The van der Waals surface area contributed by atoms with Crippen LogP contribution in [0.1, 0.15) is 53.3 Å². The van der Waals surface area contributed by atoms with E-state index in [0.29, 0.717) is 11.8 Å². The third-order valence-electron chi connectivity index (χ3n) is 6.09. The summed E-state index contributed by atoms with van der Waals surface area (Å²) in [7, 11) is 2.42. The first-order valence-corrected chi connectivity index (χ1v) is 9.76. The van der Waals surface area contributed by atoms with E-state index < -0.39 is 23.8 Å². The van der Waals surface area contributed by atoms with Gasteiger partial charge in [-0.1, -0.05) is 6.42 Å². The number of nitrogens with one attached hydrogen (secondary N) is 2. The van der Waals surface area contributed by atoms with Gasteiger partial charge in [0.2, 0.25) is 0 Å². The lowest BCUT2D eigenvalue weighted by molar-refractivity contribution is -0.136. The van der Waals surface area contributed by atoms with Gasteiger partial charge in [-0.2, -0.15) is 0 Å². The molecule has 0 aliphatic heterocycles. The van der Waals surface area contributed by atoms with E-state index in [2.05, 4.69) is 15.4 Å². The Morgan fingerprint density at radius 3 is 2.31 bits per heavy atom. The number of hydrogen-bond donors (Lipinski definition) is 2. The monoisotopic (exact) mass is 402 g/mol. The summed E-state index contributed by atoms with van der Waals surface area (Å²) in [5, 5.41) is 5.19. The molecule has 3 rings (SSSR count). The molecule has 4 atom stereocenters. The molecule has 0 aromatic heterocycles. The molecule has 2 bridgehead atoms. The van der Waals surface area contributed by atoms with Crippen LogP contribution in [0.2, 0.25) is 0 Å². The second kappa shape index (κ2) is 8.63. The highest BCUT2D eigenvalue weighted by molar-refractivity contribution is 6.40. The molecule has 156 valence electrons. The van der Waals surface area contributed by atoms with E-state index in [4.69, 9.17) is 4.74 Å². The molecule has 0 radical (unpaired) electrons. The minimum absolute atomic E-state index is 0.00692. The summed E-state index contributed by atoms with van der Waals surface area (Å²) in [6, 6.07) is 3.89. The molecule has 8 heteroatoms. The number of amides is 2. The quantitative estimate of drug-likeness (QED) is 0.577. The van der Waals surface area contributed by atoms with Crippen LogP contribution in [0.25, 0.3) is 0 Å². The van der Waals surface area contributed by atoms with Crippen LogP contribution in [0.15, 0.2) is 18.2 Å². The molecule has 1 aromatic carbocycles. The van der Waals surface area contributed by atoms with Crippen molar-refractivity contribution in [3.8, 4) is 0 Å². The third kappa shape index (κ3) is 4.41. The zero-order chi connectivity index (χ0) is 21.1. The maximum atomic E-state index is 12.4. The van der Waals surface area contributed by atoms with Crippen LogP contribution >= 0.6 is 0 Å². The summed E-state index contributed by atoms with van der Waals surface area (Å²) >= 11 is 0. The number of rotatable bonds is 5. The molecule has 2 amide bonds. The second-order valence-electron chi connectivity index (χ2n) is 7.80. The first-order chi connectivity index (χ1) is 13.8. The number of carbonyl (C=O) groups excluding carboxylic acids is 4. The molecule has 2 aliphatic rings. The van der Waals surface area contributed by atoms with Crippen molar-refractivity contribution in [3.63, 3.8) is 0 Å². The number of carbonyl (C=O) groups is 4. The Balaban J connectivity index is 1.70. The number of esters is 2. The van der Waals surface area contributed by atoms with Crippen LogP contribution in [0.5, 0.6) is 0 Å². The third-order valence-corrected chi connectivity index (χ3v) is 6.09. The predicted molar refractivity (Wildman–Crippen MR) is 104 cm³/mol. The fourth-order valence-corrected chi connectivity index (χ4v) is 4.65. The SMILES string of the molecule is COC(=O)c1ccc(C(=O)OC)c(NC(=O)C(=O)NC(C)C2CC3CCC2C3)c1. The standard InChI is InChI=1S/C21H26N2O6/c1-11(16-9-12-4-5-13(16)8-12)22-18(24)19(25)23-17-10-14(20(26)28-2)6-7-15(17)21(27)29-3/h6-7,10-13,16H,4-5,8-9H2,1-3H3,(H,22,24)(H,23,25). The van der Waals surface area contributed by atoms with Crippen molar-refractivity contribution in [1.29, 1.82) is 0 Å². The van der Waals surface area contributed by atoms with Crippen molar-refractivity contribution in [3.05, 3.63) is 29.3 Å². The molecule has 8 nitrogen and oxygen atoms in total. The Kier molecular flexibility index (Phi) is 6.20. The highest BCUT2D eigenvalue weighted by atomic mass is 16.5. The maximum Gasteiger partial charge on any atom is 0.339 e. The van der Waals surface area contributed by atoms with Crippen LogP contribution < -0.4 is 10.6 Å². The molecule has 2 fully saturated rings. The topological polar surface area (TPSA) is 111 Å². The minimum Gasteiger partial charge on any atom is -0.465 e. The maximum absolute atomic E-state index is 12.4. The van der Waals surface area contributed by atoms with Gasteiger partial charge in [0.15, 0.2) is 0 Å². The summed E-state index contributed by atoms with van der Waals surface area (Å²) in [5.41, 5.74) is 0.168. The zero-order valence-electron chi connectivity index (χ0n) is 16.8. The number of ether oxygens (including phenoxy) is 2. The van der Waals surface area contributed by atoms with Gasteiger partial charge in [0.05, 0.1) is 31.0 Å². The van der Waals surface area contributed by atoms with E-state index in [0.717, 1.165) is 12.3 Å². The van der Waals surface area contributed by atoms with Gasteiger partial charge in [-0.25, -0.2) is 9.59 Å². The van der Waals surface area contributed by atoms with E-state index >= 15 is 0 Å². The molecule has 1 aromatic rings. The van der Waals surface area contributed by atoms with E-state index in [-0.39, 0.29) is 22.9 Å². The van der Waals surface area contributed by atoms with Gasteiger partial charge < -0.3 is 20.1 Å². The molecule has 0 spiro atoms. The van der Waals surface area contributed by atoms with Crippen molar-refractivity contribution >= 4 is 29.4 Å². The average molecular weight is 402 g/mol. The Morgan fingerprint density at radius 1 is 1.00 bits per heavy atom. The van der Waals surface area contributed by atoms with E-state index in [9.17, 15) is 19.2 Å². The highest BCUT2D eigenvalue weighted by Gasteiger charge is 2.42. The highest BCUT2D eigenvalue weighted by Crippen LogP contribution is 2.49. The smallest absolute Gasteiger partial charge is 0.339 e. The number of methoxy groups -OCH3 is 2. The molecular weight excluding hydrogens is 376 g/mol. The van der Waals surface area contributed by atoms with Gasteiger partial charge in [-0.15, -0.1) is 0 Å². The molecule has 0 saturated heterocycles. The normalized spacial score (nSPS) is 23.2. The van der Waals surface area contributed by atoms with Crippen molar-refractivity contribution < 1.29 is 28.7 Å². The van der Waals surface area contributed by atoms with Crippen LogP contribution in [0.4, 0.5) is 5.69 Å². The summed E-state index contributed by atoms with van der Waals surface area (Å²) in [4.78, 5) is 48.6. The fourth-order valence-electron chi connectivity index (χ4n) is 4.65. The molecule has 0 heterocycles. The lowest BCUT2D eigenvalue weighted by Gasteiger charge is -2.28. The average Bonchev–Trinajstić information content (AvgIpc) is 3.36. The molecule has 2 saturated carbocycles. The lowest BCUT2D eigenvalue weighted by atomic mass is 9.84. The van der Waals surface area contributed by atoms with Gasteiger partial charge in [0.1, 0.15) is 0 Å². The first-order valence-electron chi connectivity index (χ1n) is 9.76. The summed E-state index contributed by atoms with van der Waals surface area (Å²) in [5.74, 6) is -1.29. The van der Waals surface area contributed by atoms with Gasteiger partial charge in [-0.05, 0) is 62.1 Å².